The number of benzene rings is 1. The van der Waals surface area contributed by atoms with Crippen molar-refractivity contribution in [2.75, 3.05) is 0 Å². The van der Waals surface area contributed by atoms with E-state index in [1.165, 1.54) is 12.2 Å². The first-order valence-electron chi connectivity index (χ1n) is 3.88. The summed E-state index contributed by atoms with van der Waals surface area (Å²) in [6.07, 6.45) is 4.17. The van der Waals surface area contributed by atoms with Gasteiger partial charge in [-0.2, -0.15) is 0 Å². The zero-order chi connectivity index (χ0) is 9.52. The summed E-state index contributed by atoms with van der Waals surface area (Å²) >= 11 is 0. The molecule has 0 fully saturated rings. The van der Waals surface area contributed by atoms with E-state index in [-0.39, 0.29) is 51.4 Å². The van der Waals surface area contributed by atoms with Crippen LogP contribution in [0.25, 0.3) is 5.57 Å². The van der Waals surface area contributed by atoms with Gasteiger partial charge in [0.15, 0.2) is 6.29 Å². The number of hydrogen-bond donors (Lipinski definition) is 0. The molecule has 3 heteroatoms. The van der Waals surface area contributed by atoms with Crippen LogP contribution < -0.4 is 56.5 Å². The van der Waals surface area contributed by atoms with Crippen LogP contribution in [0.4, 0.5) is 0 Å². The van der Waals surface area contributed by atoms with Crippen molar-refractivity contribution in [2.24, 2.45) is 0 Å². The van der Waals surface area contributed by atoms with Crippen LogP contribution in [0.5, 0.6) is 0 Å². The summed E-state index contributed by atoms with van der Waals surface area (Å²) in [4.78, 5) is 10.6. The number of hydrogen-bond acceptors (Lipinski definition) is 2. The fourth-order valence-corrected chi connectivity index (χ4v) is 0.977. The van der Waals surface area contributed by atoms with Crippen LogP contribution >= 0.6 is 0 Å². The third kappa shape index (κ3) is 4.35. The predicted molar refractivity (Wildman–Crippen MR) is 49.6 cm³/mol. The molecular weight excluding hydrogens is 203 g/mol. The smallest absolute Gasteiger partial charge is 0.878 e. The standard InChI is InChI=1S/C11H10O2.K/c12-8-4-7-11(9-13)10-5-2-1-3-6-10;/h1-9,12H;/q;+1/p-1/b8-4+,11-7-;. The van der Waals surface area contributed by atoms with Crippen LogP contribution in [0, 0.1) is 0 Å². The summed E-state index contributed by atoms with van der Waals surface area (Å²) in [5, 5.41) is 10.0. The molecule has 0 unspecified atom stereocenters. The quantitative estimate of drug-likeness (QED) is 0.194. The predicted octanol–water partition coefficient (Wildman–Crippen LogP) is -1.85. The first-order chi connectivity index (χ1) is 6.38. The first-order valence-corrected chi connectivity index (χ1v) is 3.88. The molecule has 0 aliphatic carbocycles. The number of rotatable bonds is 3. The van der Waals surface area contributed by atoms with Crippen molar-refractivity contribution in [3.63, 3.8) is 0 Å². The van der Waals surface area contributed by atoms with E-state index in [4.69, 9.17) is 0 Å². The van der Waals surface area contributed by atoms with Crippen LogP contribution in [0.15, 0.2) is 48.7 Å². The van der Waals surface area contributed by atoms with Crippen molar-refractivity contribution < 1.29 is 61.3 Å². The Labute approximate surface area is 126 Å². The van der Waals surface area contributed by atoms with E-state index in [2.05, 4.69) is 0 Å². The van der Waals surface area contributed by atoms with Gasteiger partial charge in [-0.05, 0) is 5.56 Å². The van der Waals surface area contributed by atoms with Crippen LogP contribution in [-0.2, 0) is 4.79 Å². The summed E-state index contributed by atoms with van der Waals surface area (Å²) in [6, 6.07) is 9.19. The Hall–Kier alpha value is -0.194. The Morgan fingerprint density at radius 2 is 1.86 bits per heavy atom. The maximum absolute atomic E-state index is 10.6. The normalized spacial score (nSPS) is 11.0. The number of aldehydes is 1. The Morgan fingerprint density at radius 3 is 2.36 bits per heavy atom. The van der Waals surface area contributed by atoms with Crippen molar-refractivity contribution in [1.29, 1.82) is 0 Å². The van der Waals surface area contributed by atoms with E-state index in [1.54, 1.807) is 0 Å². The fraction of sp³-hybridized carbons (Fsp3) is 0. The van der Waals surface area contributed by atoms with Gasteiger partial charge in [0.1, 0.15) is 0 Å². The molecule has 0 spiro atoms. The van der Waals surface area contributed by atoms with Crippen molar-refractivity contribution in [3.05, 3.63) is 54.3 Å². The van der Waals surface area contributed by atoms with E-state index in [0.717, 1.165) is 11.8 Å². The molecule has 1 aromatic rings. The van der Waals surface area contributed by atoms with Gasteiger partial charge in [0.05, 0.1) is 0 Å². The Bertz CT molecular complexity index is 328. The van der Waals surface area contributed by atoms with Gasteiger partial charge in [-0.1, -0.05) is 42.5 Å². The van der Waals surface area contributed by atoms with Crippen molar-refractivity contribution in [3.8, 4) is 0 Å². The van der Waals surface area contributed by atoms with E-state index in [1.807, 2.05) is 30.3 Å². The average molecular weight is 212 g/mol. The van der Waals surface area contributed by atoms with E-state index in [9.17, 15) is 9.90 Å². The van der Waals surface area contributed by atoms with Crippen molar-refractivity contribution >= 4 is 11.9 Å². The summed E-state index contributed by atoms with van der Waals surface area (Å²) < 4.78 is 0. The topological polar surface area (TPSA) is 40.1 Å². The molecule has 0 saturated carbocycles. The minimum atomic E-state index is 0. The Balaban J connectivity index is 0.00000169. The molecule has 0 N–H and O–H groups in total. The second-order valence-electron chi connectivity index (χ2n) is 2.43. The molecule has 0 radical (unpaired) electrons. The zero-order valence-corrected chi connectivity index (χ0v) is 11.1. The molecule has 2 nitrogen and oxygen atoms in total. The zero-order valence-electron chi connectivity index (χ0n) is 8.01. The van der Waals surface area contributed by atoms with Gasteiger partial charge in [-0.3, -0.25) is 4.79 Å². The Kier molecular flexibility index (Phi) is 8.03. The molecule has 1 rings (SSSR count). The molecule has 0 aromatic heterocycles. The van der Waals surface area contributed by atoms with Crippen LogP contribution in [0.2, 0.25) is 0 Å². The number of carbonyl (C=O) groups excluding carboxylic acids is 1. The van der Waals surface area contributed by atoms with Gasteiger partial charge in [0, 0.05) is 5.57 Å². The molecule has 0 amide bonds. The van der Waals surface area contributed by atoms with Gasteiger partial charge >= 0.3 is 51.4 Å². The molecular formula is C11H9KO2. The molecule has 0 bridgehead atoms. The van der Waals surface area contributed by atoms with Crippen molar-refractivity contribution in [1.82, 2.24) is 0 Å². The van der Waals surface area contributed by atoms with E-state index < -0.39 is 0 Å². The molecule has 0 saturated heterocycles. The number of carbonyl (C=O) groups is 1. The summed E-state index contributed by atoms with van der Waals surface area (Å²) in [5.74, 6) is 0. The SMILES string of the molecule is O=C/C(=C/C=C/[O-])c1ccccc1.[K+]. The van der Waals surface area contributed by atoms with Gasteiger partial charge in [0.25, 0.3) is 0 Å². The third-order valence-electron chi connectivity index (χ3n) is 1.59. The van der Waals surface area contributed by atoms with Gasteiger partial charge in [-0.25, -0.2) is 0 Å². The van der Waals surface area contributed by atoms with Gasteiger partial charge in [0.2, 0.25) is 0 Å². The maximum atomic E-state index is 10.6. The maximum Gasteiger partial charge on any atom is 1.00 e. The van der Waals surface area contributed by atoms with Crippen LogP contribution in [0.1, 0.15) is 5.56 Å². The van der Waals surface area contributed by atoms with E-state index >= 15 is 0 Å². The minimum Gasteiger partial charge on any atom is -0.878 e. The molecule has 14 heavy (non-hydrogen) atoms. The third-order valence-corrected chi connectivity index (χ3v) is 1.59. The van der Waals surface area contributed by atoms with Crippen molar-refractivity contribution in [2.45, 2.75) is 0 Å². The monoisotopic (exact) mass is 212 g/mol. The van der Waals surface area contributed by atoms with Crippen LogP contribution in [-0.4, -0.2) is 6.29 Å². The summed E-state index contributed by atoms with van der Waals surface area (Å²) in [6.45, 7) is 0. The number of allylic oxidation sites excluding steroid dienone is 3. The van der Waals surface area contributed by atoms with Gasteiger partial charge in [-0.15, -0.1) is 6.26 Å². The second kappa shape index (κ2) is 8.14. The van der Waals surface area contributed by atoms with E-state index in [0.29, 0.717) is 11.8 Å². The molecule has 0 atom stereocenters. The molecule has 0 heterocycles. The summed E-state index contributed by atoms with van der Waals surface area (Å²) in [7, 11) is 0. The first kappa shape index (κ1) is 13.8. The average Bonchev–Trinajstić information content (AvgIpc) is 2.21. The largest absolute Gasteiger partial charge is 1.00 e. The Morgan fingerprint density at radius 1 is 1.21 bits per heavy atom. The molecule has 66 valence electrons. The minimum absolute atomic E-state index is 0. The van der Waals surface area contributed by atoms with Crippen LogP contribution in [0.3, 0.4) is 0 Å². The van der Waals surface area contributed by atoms with Gasteiger partial charge < -0.3 is 5.11 Å². The molecule has 1 aromatic carbocycles. The molecule has 0 aliphatic rings. The fourth-order valence-electron chi connectivity index (χ4n) is 0.977. The summed E-state index contributed by atoms with van der Waals surface area (Å²) in [5.41, 5.74) is 1.32. The molecule has 0 aliphatic heterocycles. The second-order valence-corrected chi connectivity index (χ2v) is 2.43.